The van der Waals surface area contributed by atoms with Crippen LogP contribution in [-0.2, 0) is 16.0 Å². The lowest BCUT2D eigenvalue weighted by Gasteiger charge is -2.07. The Morgan fingerprint density at radius 2 is 2.28 bits per heavy atom. The number of hydrogen-bond acceptors (Lipinski definition) is 6. The number of anilines is 1. The zero-order chi connectivity index (χ0) is 13.2. The van der Waals surface area contributed by atoms with Gasteiger partial charge in [-0.05, 0) is 0 Å². The van der Waals surface area contributed by atoms with Gasteiger partial charge in [-0.1, -0.05) is 0 Å². The first kappa shape index (κ1) is 14.6. The molecule has 0 aromatic carbocycles. The first-order chi connectivity index (χ1) is 8.77. The Morgan fingerprint density at radius 1 is 1.44 bits per heavy atom. The highest BCUT2D eigenvalue weighted by atomic mass is 16.5. The summed E-state index contributed by atoms with van der Waals surface area (Å²) in [4.78, 5) is 11.7. The molecule has 0 saturated heterocycles. The summed E-state index contributed by atoms with van der Waals surface area (Å²) in [7, 11) is 1.61. The van der Waals surface area contributed by atoms with Gasteiger partial charge in [-0.2, -0.15) is 5.10 Å². The van der Waals surface area contributed by atoms with Crippen molar-refractivity contribution >= 4 is 5.69 Å². The maximum Gasteiger partial charge on any atom is 0.268 e. The fraction of sp³-hybridized carbons (Fsp3) is 0.636. The highest BCUT2D eigenvalue weighted by Gasteiger charge is 1.99. The van der Waals surface area contributed by atoms with Gasteiger partial charge in [-0.25, -0.2) is 4.68 Å². The summed E-state index contributed by atoms with van der Waals surface area (Å²) in [6.45, 7) is 3.05. The maximum atomic E-state index is 11.7. The van der Waals surface area contributed by atoms with Gasteiger partial charge < -0.3 is 20.5 Å². The van der Waals surface area contributed by atoms with Gasteiger partial charge in [0.15, 0.2) is 0 Å². The molecule has 0 atom stereocenters. The molecule has 0 fully saturated rings. The first-order valence-electron chi connectivity index (χ1n) is 5.85. The normalized spacial score (nSPS) is 10.6. The second-order valence-corrected chi connectivity index (χ2v) is 3.63. The average Bonchev–Trinajstić information content (AvgIpc) is 2.38. The Bertz CT molecular complexity index is 394. The number of nitrogens with one attached hydrogen (secondary N) is 1. The third-order valence-corrected chi connectivity index (χ3v) is 2.22. The van der Waals surface area contributed by atoms with E-state index in [0.717, 1.165) is 0 Å². The van der Waals surface area contributed by atoms with Crippen molar-refractivity contribution in [2.45, 2.75) is 6.54 Å². The largest absolute Gasteiger partial charge is 0.382 e. The molecular weight excluding hydrogens is 236 g/mol. The molecule has 0 amide bonds. The van der Waals surface area contributed by atoms with Crippen molar-refractivity contribution in [3.63, 3.8) is 0 Å². The van der Waals surface area contributed by atoms with E-state index in [9.17, 15) is 4.79 Å². The van der Waals surface area contributed by atoms with Crippen LogP contribution in [0, 0.1) is 0 Å². The Balaban J connectivity index is 2.40. The highest BCUT2D eigenvalue weighted by Crippen LogP contribution is 1.97. The van der Waals surface area contributed by atoms with Crippen LogP contribution >= 0.6 is 0 Å². The SMILES string of the molecule is COCCOCCn1ncc(NCCN)cc1=O. The zero-order valence-electron chi connectivity index (χ0n) is 10.6. The number of nitrogens with two attached hydrogens (primary N) is 1. The maximum absolute atomic E-state index is 11.7. The van der Waals surface area contributed by atoms with Gasteiger partial charge in [-0.3, -0.25) is 4.79 Å². The molecule has 1 heterocycles. The minimum Gasteiger partial charge on any atom is -0.382 e. The fourth-order valence-electron chi connectivity index (χ4n) is 1.31. The number of ether oxygens (including phenoxy) is 2. The third kappa shape index (κ3) is 5.26. The molecule has 18 heavy (non-hydrogen) atoms. The molecule has 1 aromatic rings. The molecule has 102 valence electrons. The molecule has 3 N–H and O–H groups in total. The summed E-state index contributed by atoms with van der Waals surface area (Å²) in [6.07, 6.45) is 1.60. The molecule has 7 heteroatoms. The fourth-order valence-corrected chi connectivity index (χ4v) is 1.31. The van der Waals surface area contributed by atoms with Crippen LogP contribution in [0.5, 0.6) is 0 Å². The Morgan fingerprint density at radius 3 is 2.94 bits per heavy atom. The molecule has 0 bridgehead atoms. The Hall–Kier alpha value is -1.44. The second-order valence-electron chi connectivity index (χ2n) is 3.63. The standard InChI is InChI=1S/C11H20N4O3/c1-17-6-7-18-5-4-15-11(16)8-10(9-14-15)13-3-2-12/h8-9,13H,2-7,12H2,1H3. The number of aromatic nitrogens is 2. The lowest BCUT2D eigenvalue weighted by Crippen LogP contribution is -2.25. The summed E-state index contributed by atoms with van der Waals surface area (Å²) < 4.78 is 11.5. The number of rotatable bonds is 9. The van der Waals surface area contributed by atoms with E-state index in [4.69, 9.17) is 15.2 Å². The summed E-state index contributed by atoms with van der Waals surface area (Å²) in [5.74, 6) is 0. The zero-order valence-corrected chi connectivity index (χ0v) is 10.6. The van der Waals surface area contributed by atoms with Crippen LogP contribution in [0.2, 0.25) is 0 Å². The van der Waals surface area contributed by atoms with Gasteiger partial charge in [0.05, 0.1) is 38.2 Å². The van der Waals surface area contributed by atoms with Gasteiger partial charge in [0.25, 0.3) is 5.56 Å². The van der Waals surface area contributed by atoms with Crippen LogP contribution in [0.15, 0.2) is 17.1 Å². The van der Waals surface area contributed by atoms with Crippen LogP contribution in [-0.4, -0.2) is 49.8 Å². The van der Waals surface area contributed by atoms with E-state index in [1.54, 1.807) is 13.3 Å². The van der Waals surface area contributed by atoms with E-state index in [1.807, 2.05) is 0 Å². The lowest BCUT2D eigenvalue weighted by atomic mass is 10.4. The minimum atomic E-state index is -0.160. The lowest BCUT2D eigenvalue weighted by molar-refractivity contribution is 0.0649. The van der Waals surface area contributed by atoms with Crippen molar-refractivity contribution in [2.75, 3.05) is 45.3 Å². The highest BCUT2D eigenvalue weighted by molar-refractivity contribution is 5.38. The summed E-state index contributed by atoms with van der Waals surface area (Å²) in [5, 5.41) is 7.04. The summed E-state index contributed by atoms with van der Waals surface area (Å²) in [6, 6.07) is 1.50. The molecule has 0 unspecified atom stereocenters. The molecule has 1 aromatic heterocycles. The van der Waals surface area contributed by atoms with E-state index < -0.39 is 0 Å². The van der Waals surface area contributed by atoms with Crippen LogP contribution in [0.1, 0.15) is 0 Å². The van der Waals surface area contributed by atoms with Crippen molar-refractivity contribution in [1.29, 1.82) is 0 Å². The van der Waals surface area contributed by atoms with E-state index in [0.29, 0.717) is 45.1 Å². The Labute approximate surface area is 106 Å². The predicted molar refractivity (Wildman–Crippen MR) is 68.7 cm³/mol. The predicted octanol–water partition coefficient (Wildman–Crippen LogP) is -0.723. The van der Waals surface area contributed by atoms with Crippen molar-refractivity contribution in [3.8, 4) is 0 Å². The summed E-state index contributed by atoms with van der Waals surface area (Å²) >= 11 is 0. The van der Waals surface area contributed by atoms with Crippen LogP contribution in [0.25, 0.3) is 0 Å². The van der Waals surface area contributed by atoms with E-state index in [2.05, 4.69) is 10.4 Å². The van der Waals surface area contributed by atoms with E-state index in [-0.39, 0.29) is 5.56 Å². The quantitative estimate of drug-likeness (QED) is 0.566. The Kier molecular flexibility index (Phi) is 7.00. The van der Waals surface area contributed by atoms with Gasteiger partial charge in [0.2, 0.25) is 0 Å². The molecule has 1 rings (SSSR count). The van der Waals surface area contributed by atoms with Crippen LogP contribution in [0.3, 0.4) is 0 Å². The smallest absolute Gasteiger partial charge is 0.268 e. The van der Waals surface area contributed by atoms with Crippen molar-refractivity contribution in [2.24, 2.45) is 5.73 Å². The molecule has 0 aliphatic carbocycles. The molecule has 0 radical (unpaired) electrons. The molecule has 0 aliphatic heterocycles. The van der Waals surface area contributed by atoms with E-state index in [1.165, 1.54) is 10.7 Å². The molecule has 7 nitrogen and oxygen atoms in total. The van der Waals surface area contributed by atoms with Gasteiger partial charge in [0.1, 0.15) is 0 Å². The monoisotopic (exact) mass is 256 g/mol. The third-order valence-electron chi connectivity index (χ3n) is 2.22. The topological polar surface area (TPSA) is 91.4 Å². The molecule has 0 aliphatic rings. The summed E-state index contributed by atoms with van der Waals surface area (Å²) in [5.41, 5.74) is 5.88. The molecule has 0 spiro atoms. The van der Waals surface area contributed by atoms with Crippen LogP contribution in [0.4, 0.5) is 5.69 Å². The van der Waals surface area contributed by atoms with Crippen molar-refractivity contribution in [3.05, 3.63) is 22.6 Å². The number of hydrogen-bond donors (Lipinski definition) is 2. The molecule has 0 saturated carbocycles. The van der Waals surface area contributed by atoms with Crippen LogP contribution < -0.4 is 16.6 Å². The second kappa shape index (κ2) is 8.62. The van der Waals surface area contributed by atoms with Gasteiger partial charge in [-0.15, -0.1) is 0 Å². The number of nitrogens with zero attached hydrogens (tertiary/aromatic N) is 2. The first-order valence-corrected chi connectivity index (χ1v) is 5.85. The molecular formula is C11H20N4O3. The van der Waals surface area contributed by atoms with Crippen molar-refractivity contribution in [1.82, 2.24) is 9.78 Å². The van der Waals surface area contributed by atoms with Gasteiger partial charge >= 0.3 is 0 Å². The van der Waals surface area contributed by atoms with Gasteiger partial charge in [0, 0.05) is 26.3 Å². The number of methoxy groups -OCH3 is 1. The van der Waals surface area contributed by atoms with E-state index >= 15 is 0 Å². The average molecular weight is 256 g/mol. The minimum absolute atomic E-state index is 0.160. The van der Waals surface area contributed by atoms with Crippen molar-refractivity contribution < 1.29 is 9.47 Å².